The van der Waals surface area contributed by atoms with Gasteiger partial charge in [-0.3, -0.25) is 4.79 Å². The molecule has 1 amide bonds. The molecule has 0 radical (unpaired) electrons. The van der Waals surface area contributed by atoms with Crippen molar-refractivity contribution in [2.45, 2.75) is 25.8 Å². The maximum absolute atomic E-state index is 14.2. The van der Waals surface area contributed by atoms with Crippen LogP contribution in [-0.4, -0.2) is 5.91 Å². The van der Waals surface area contributed by atoms with Gasteiger partial charge in [0.15, 0.2) is 0 Å². The highest BCUT2D eigenvalue weighted by Gasteiger charge is 2.45. The first-order valence-corrected chi connectivity index (χ1v) is 6.76. The summed E-state index contributed by atoms with van der Waals surface area (Å²) < 4.78 is 27.5. The molecule has 0 saturated carbocycles. The predicted molar refractivity (Wildman–Crippen MR) is 77.0 cm³/mol. The van der Waals surface area contributed by atoms with Crippen LogP contribution in [0, 0.1) is 11.6 Å². The van der Waals surface area contributed by atoms with Crippen LogP contribution in [0.15, 0.2) is 42.5 Å². The van der Waals surface area contributed by atoms with E-state index in [-0.39, 0.29) is 18.3 Å². The molecule has 1 heterocycles. The number of hydrogen-bond donors (Lipinski definition) is 0. The van der Waals surface area contributed by atoms with E-state index < -0.39 is 11.2 Å². The van der Waals surface area contributed by atoms with Gasteiger partial charge in [-0.1, -0.05) is 24.3 Å². The minimum Gasteiger partial charge on any atom is -0.304 e. The van der Waals surface area contributed by atoms with Crippen molar-refractivity contribution in [2.75, 3.05) is 4.90 Å². The number of carbonyl (C=O) groups excluding carboxylic acids is 1. The molecule has 0 saturated heterocycles. The molecule has 0 atom stereocenters. The second kappa shape index (κ2) is 4.65. The van der Waals surface area contributed by atoms with E-state index in [9.17, 15) is 13.6 Å². The predicted octanol–water partition coefficient (Wildman–Crippen LogP) is 3.79. The standard InChI is InChI=1S/C17H15F2NO/c1-17(2)13-7-4-8-14(19)15(13)20(16(17)21)10-11-5-3-6-12(18)9-11/h3-9H,10H2,1-2H3. The van der Waals surface area contributed by atoms with Crippen molar-refractivity contribution in [1.29, 1.82) is 0 Å². The van der Waals surface area contributed by atoms with Gasteiger partial charge in [-0.15, -0.1) is 0 Å². The lowest BCUT2D eigenvalue weighted by atomic mass is 9.86. The number of amides is 1. The Hall–Kier alpha value is -2.23. The van der Waals surface area contributed by atoms with Gasteiger partial charge in [0, 0.05) is 0 Å². The fourth-order valence-electron chi connectivity index (χ4n) is 2.82. The zero-order valence-corrected chi connectivity index (χ0v) is 11.9. The van der Waals surface area contributed by atoms with Crippen molar-refractivity contribution in [3.05, 3.63) is 65.2 Å². The number of fused-ring (bicyclic) bond motifs is 1. The highest BCUT2D eigenvalue weighted by atomic mass is 19.1. The molecule has 2 aromatic carbocycles. The number of benzene rings is 2. The Morgan fingerprint density at radius 3 is 2.52 bits per heavy atom. The molecular weight excluding hydrogens is 272 g/mol. The van der Waals surface area contributed by atoms with Crippen molar-refractivity contribution >= 4 is 11.6 Å². The van der Waals surface area contributed by atoms with Crippen molar-refractivity contribution in [3.8, 4) is 0 Å². The number of para-hydroxylation sites is 1. The third-order valence-corrected chi connectivity index (χ3v) is 3.94. The highest BCUT2D eigenvalue weighted by molar-refractivity contribution is 6.07. The largest absolute Gasteiger partial charge is 0.304 e. The van der Waals surface area contributed by atoms with Crippen molar-refractivity contribution in [3.63, 3.8) is 0 Å². The van der Waals surface area contributed by atoms with Crippen molar-refractivity contribution < 1.29 is 13.6 Å². The molecule has 1 aliphatic heterocycles. The summed E-state index contributed by atoms with van der Waals surface area (Å²) in [7, 11) is 0. The number of carbonyl (C=O) groups is 1. The summed E-state index contributed by atoms with van der Waals surface area (Å²) in [6, 6.07) is 10.7. The van der Waals surface area contributed by atoms with Gasteiger partial charge >= 0.3 is 0 Å². The average Bonchev–Trinajstić information content (AvgIpc) is 2.62. The summed E-state index contributed by atoms with van der Waals surface area (Å²) in [5, 5.41) is 0. The van der Waals surface area contributed by atoms with Gasteiger partial charge in [0.2, 0.25) is 5.91 Å². The monoisotopic (exact) mass is 287 g/mol. The molecule has 0 spiro atoms. The number of anilines is 1. The maximum atomic E-state index is 14.2. The van der Waals surface area contributed by atoms with E-state index >= 15 is 0 Å². The summed E-state index contributed by atoms with van der Waals surface area (Å²) in [4.78, 5) is 14.0. The molecule has 0 unspecified atom stereocenters. The molecule has 2 nitrogen and oxygen atoms in total. The maximum Gasteiger partial charge on any atom is 0.237 e. The van der Waals surface area contributed by atoms with E-state index in [0.29, 0.717) is 16.8 Å². The molecule has 0 aliphatic carbocycles. The second-order valence-corrected chi connectivity index (χ2v) is 5.78. The first-order chi connectivity index (χ1) is 9.91. The van der Waals surface area contributed by atoms with Crippen LogP contribution in [0.2, 0.25) is 0 Å². The molecule has 0 bridgehead atoms. The minimum absolute atomic E-state index is 0.161. The van der Waals surface area contributed by atoms with Crippen LogP contribution in [0.1, 0.15) is 25.0 Å². The molecule has 0 fully saturated rings. The van der Waals surface area contributed by atoms with E-state index in [1.807, 2.05) is 0 Å². The smallest absolute Gasteiger partial charge is 0.237 e. The Morgan fingerprint density at radius 2 is 1.81 bits per heavy atom. The Labute approximate surface area is 122 Å². The second-order valence-electron chi connectivity index (χ2n) is 5.78. The highest BCUT2D eigenvalue weighted by Crippen LogP contribution is 2.43. The molecule has 1 aliphatic rings. The quantitative estimate of drug-likeness (QED) is 0.823. The minimum atomic E-state index is -0.773. The van der Waals surface area contributed by atoms with E-state index in [4.69, 9.17) is 0 Å². The topological polar surface area (TPSA) is 20.3 Å². The van der Waals surface area contributed by atoms with Crippen LogP contribution in [0.5, 0.6) is 0 Å². The van der Waals surface area contributed by atoms with Crippen LogP contribution in [0.25, 0.3) is 0 Å². The van der Waals surface area contributed by atoms with Gasteiger partial charge in [-0.05, 0) is 43.2 Å². The summed E-state index contributed by atoms with van der Waals surface area (Å²) in [5.74, 6) is -0.971. The number of hydrogen-bond acceptors (Lipinski definition) is 1. The Morgan fingerprint density at radius 1 is 1.10 bits per heavy atom. The molecule has 3 rings (SSSR count). The van der Waals surface area contributed by atoms with Crippen LogP contribution in [0.3, 0.4) is 0 Å². The molecule has 4 heteroatoms. The third-order valence-electron chi connectivity index (χ3n) is 3.94. The molecule has 21 heavy (non-hydrogen) atoms. The average molecular weight is 287 g/mol. The van der Waals surface area contributed by atoms with Crippen molar-refractivity contribution in [2.24, 2.45) is 0 Å². The Bertz CT molecular complexity index is 724. The zero-order chi connectivity index (χ0) is 15.2. The Kier molecular flexibility index (Phi) is 3.04. The molecule has 0 N–H and O–H groups in total. The fraction of sp³-hybridized carbons (Fsp3) is 0.235. The summed E-state index contributed by atoms with van der Waals surface area (Å²) >= 11 is 0. The SMILES string of the molecule is CC1(C)C(=O)N(Cc2cccc(F)c2)c2c(F)cccc21. The van der Waals surface area contributed by atoms with Crippen LogP contribution < -0.4 is 4.90 Å². The van der Waals surface area contributed by atoms with Crippen molar-refractivity contribution in [1.82, 2.24) is 0 Å². The number of rotatable bonds is 2. The number of nitrogens with zero attached hydrogens (tertiary/aromatic N) is 1. The lowest BCUT2D eigenvalue weighted by Crippen LogP contribution is -2.35. The lowest BCUT2D eigenvalue weighted by molar-refractivity contribution is -0.122. The molecule has 0 aromatic heterocycles. The van der Waals surface area contributed by atoms with Gasteiger partial charge in [0.05, 0.1) is 17.6 Å². The van der Waals surface area contributed by atoms with Gasteiger partial charge < -0.3 is 4.90 Å². The van der Waals surface area contributed by atoms with Gasteiger partial charge in [-0.2, -0.15) is 0 Å². The van der Waals surface area contributed by atoms with E-state index in [1.54, 1.807) is 38.1 Å². The first kappa shape index (κ1) is 13.7. The van der Waals surface area contributed by atoms with Crippen LogP contribution in [0.4, 0.5) is 14.5 Å². The fourth-order valence-corrected chi connectivity index (χ4v) is 2.82. The van der Waals surface area contributed by atoms with Crippen LogP contribution >= 0.6 is 0 Å². The molecule has 108 valence electrons. The molecule has 2 aromatic rings. The van der Waals surface area contributed by atoms with Gasteiger partial charge in [0.1, 0.15) is 11.6 Å². The Balaban J connectivity index is 2.06. The van der Waals surface area contributed by atoms with E-state index in [1.165, 1.54) is 23.1 Å². The van der Waals surface area contributed by atoms with Gasteiger partial charge in [-0.25, -0.2) is 8.78 Å². The number of halogens is 2. The first-order valence-electron chi connectivity index (χ1n) is 6.76. The summed E-state index contributed by atoms with van der Waals surface area (Å²) in [6.45, 7) is 3.71. The van der Waals surface area contributed by atoms with E-state index in [2.05, 4.69) is 0 Å². The zero-order valence-electron chi connectivity index (χ0n) is 11.9. The van der Waals surface area contributed by atoms with Gasteiger partial charge in [0.25, 0.3) is 0 Å². The van der Waals surface area contributed by atoms with E-state index in [0.717, 1.165) is 0 Å². The normalized spacial score (nSPS) is 16.2. The lowest BCUT2D eigenvalue weighted by Gasteiger charge is -2.20. The summed E-state index contributed by atoms with van der Waals surface area (Å²) in [6.07, 6.45) is 0. The summed E-state index contributed by atoms with van der Waals surface area (Å²) in [5.41, 5.74) is 0.834. The molecular formula is C17H15F2NO. The van der Waals surface area contributed by atoms with Crippen LogP contribution in [-0.2, 0) is 16.8 Å². The third kappa shape index (κ3) is 2.11.